The summed E-state index contributed by atoms with van der Waals surface area (Å²) >= 11 is 0. The second kappa shape index (κ2) is 6.10. The number of furan rings is 1. The van der Waals surface area contributed by atoms with Crippen LogP contribution in [0.2, 0.25) is 0 Å². The molecular formula is C21H13N7O. The normalized spacial score (nSPS) is 11.4. The Morgan fingerprint density at radius 3 is 2.79 bits per heavy atom. The molecule has 0 aliphatic heterocycles. The summed E-state index contributed by atoms with van der Waals surface area (Å²) in [7, 11) is 0. The van der Waals surface area contributed by atoms with Gasteiger partial charge in [0.2, 0.25) is 0 Å². The van der Waals surface area contributed by atoms with Crippen LogP contribution >= 0.6 is 0 Å². The Morgan fingerprint density at radius 2 is 1.93 bits per heavy atom. The van der Waals surface area contributed by atoms with Crippen LogP contribution < -0.4 is 0 Å². The van der Waals surface area contributed by atoms with Crippen LogP contribution in [-0.2, 0) is 0 Å². The molecule has 0 aromatic carbocycles. The quantitative estimate of drug-likeness (QED) is 0.476. The first-order valence-corrected chi connectivity index (χ1v) is 8.99. The van der Waals surface area contributed by atoms with Gasteiger partial charge in [-0.05, 0) is 24.3 Å². The molecule has 6 rings (SSSR count). The van der Waals surface area contributed by atoms with Gasteiger partial charge in [-0.25, -0.2) is 4.98 Å². The number of fused-ring (bicyclic) bond motifs is 2. The van der Waals surface area contributed by atoms with Gasteiger partial charge in [0, 0.05) is 28.9 Å². The maximum atomic E-state index is 5.21. The van der Waals surface area contributed by atoms with Gasteiger partial charge in [0.05, 0.1) is 47.3 Å². The molecule has 8 nitrogen and oxygen atoms in total. The molecule has 0 aliphatic rings. The molecule has 0 unspecified atom stereocenters. The monoisotopic (exact) mass is 379 g/mol. The van der Waals surface area contributed by atoms with Crippen molar-refractivity contribution in [3.63, 3.8) is 0 Å². The summed E-state index contributed by atoms with van der Waals surface area (Å²) in [4.78, 5) is 21.3. The second-order valence-electron chi connectivity index (χ2n) is 6.58. The lowest BCUT2D eigenvalue weighted by molar-refractivity contribution is 0.568. The Morgan fingerprint density at radius 1 is 0.931 bits per heavy atom. The van der Waals surface area contributed by atoms with Gasteiger partial charge in [-0.15, -0.1) is 0 Å². The lowest BCUT2D eigenvalue weighted by Crippen LogP contribution is -1.87. The van der Waals surface area contributed by atoms with Gasteiger partial charge in [-0.3, -0.25) is 20.1 Å². The Kier molecular flexibility index (Phi) is 3.30. The van der Waals surface area contributed by atoms with Gasteiger partial charge >= 0.3 is 0 Å². The number of nitrogens with zero attached hydrogens (tertiary/aromatic N) is 5. The molecular weight excluding hydrogens is 366 g/mol. The van der Waals surface area contributed by atoms with E-state index < -0.39 is 0 Å². The molecule has 138 valence electrons. The van der Waals surface area contributed by atoms with Crippen LogP contribution in [0.25, 0.3) is 56.0 Å². The Labute approximate surface area is 163 Å². The number of pyridine rings is 3. The average molecular weight is 379 g/mol. The minimum Gasteiger partial charge on any atom is -0.472 e. The van der Waals surface area contributed by atoms with Gasteiger partial charge in [0.1, 0.15) is 11.2 Å². The highest BCUT2D eigenvalue weighted by molar-refractivity contribution is 5.97. The fourth-order valence-corrected chi connectivity index (χ4v) is 3.43. The van der Waals surface area contributed by atoms with E-state index in [1.807, 2.05) is 30.3 Å². The fourth-order valence-electron chi connectivity index (χ4n) is 3.43. The lowest BCUT2D eigenvalue weighted by Gasteiger charge is -2.00. The highest BCUT2D eigenvalue weighted by Gasteiger charge is 2.16. The zero-order valence-electron chi connectivity index (χ0n) is 15.0. The topological polar surface area (TPSA) is 109 Å². The number of hydrogen-bond acceptors (Lipinski definition) is 6. The first-order chi connectivity index (χ1) is 14.4. The molecule has 29 heavy (non-hydrogen) atoms. The second-order valence-corrected chi connectivity index (χ2v) is 6.58. The van der Waals surface area contributed by atoms with Crippen LogP contribution in [0.4, 0.5) is 0 Å². The van der Waals surface area contributed by atoms with Crippen molar-refractivity contribution in [3.05, 3.63) is 67.6 Å². The Bertz CT molecular complexity index is 1450. The molecule has 6 aromatic rings. The minimum absolute atomic E-state index is 0.655. The van der Waals surface area contributed by atoms with Crippen molar-refractivity contribution in [3.8, 4) is 34.0 Å². The summed E-state index contributed by atoms with van der Waals surface area (Å²) < 4.78 is 5.21. The molecule has 0 fully saturated rings. The summed E-state index contributed by atoms with van der Waals surface area (Å²) in [5.74, 6) is 0.655. The maximum Gasteiger partial charge on any atom is 0.159 e. The molecule has 0 spiro atoms. The molecule has 0 saturated heterocycles. The van der Waals surface area contributed by atoms with E-state index in [-0.39, 0.29) is 0 Å². The van der Waals surface area contributed by atoms with Crippen LogP contribution in [0.3, 0.4) is 0 Å². The molecule has 0 bridgehead atoms. The molecule has 6 aromatic heterocycles. The van der Waals surface area contributed by atoms with Crippen LogP contribution in [0.15, 0.2) is 72.1 Å². The predicted octanol–water partition coefficient (Wildman–Crippen LogP) is 4.22. The Balaban J connectivity index is 1.53. The number of nitrogens with one attached hydrogen (secondary N) is 2. The van der Waals surface area contributed by atoms with Crippen molar-refractivity contribution >= 4 is 21.9 Å². The third-order valence-corrected chi connectivity index (χ3v) is 4.83. The van der Waals surface area contributed by atoms with Gasteiger partial charge in [-0.1, -0.05) is 6.07 Å². The van der Waals surface area contributed by atoms with E-state index in [4.69, 9.17) is 9.40 Å². The van der Waals surface area contributed by atoms with Crippen molar-refractivity contribution < 1.29 is 4.42 Å². The average Bonchev–Trinajstić information content (AvgIpc) is 3.52. The smallest absolute Gasteiger partial charge is 0.159 e. The number of rotatable bonds is 3. The molecule has 0 atom stereocenters. The maximum absolute atomic E-state index is 5.21. The number of aromatic amines is 2. The SMILES string of the molecule is c1ccc(-c2cc3c(-c4nc5c(-c6ccoc6)cncc5[nH]4)n[nH]c3cn2)nc1. The number of aromatic nitrogens is 7. The van der Waals surface area contributed by atoms with Crippen molar-refractivity contribution in [2.24, 2.45) is 0 Å². The van der Waals surface area contributed by atoms with Gasteiger partial charge in [-0.2, -0.15) is 5.10 Å². The van der Waals surface area contributed by atoms with Crippen molar-refractivity contribution in [1.82, 2.24) is 35.1 Å². The number of imidazole rings is 1. The Hall–Kier alpha value is -4.33. The highest BCUT2D eigenvalue weighted by atomic mass is 16.3. The van der Waals surface area contributed by atoms with E-state index in [0.29, 0.717) is 11.5 Å². The molecule has 0 saturated carbocycles. The summed E-state index contributed by atoms with van der Waals surface area (Å²) in [6.07, 6.45) is 10.4. The standard InChI is InChI=1S/C21H13N7O/c1-2-5-23-15(3-1)16-7-13-17(10-24-16)27-28-20(13)21-25-18-9-22-8-14(19(18)26-21)12-4-6-29-11-12/h1-11H,(H,25,26)(H,27,28). The first kappa shape index (κ1) is 15.7. The van der Waals surface area contributed by atoms with E-state index in [0.717, 1.165) is 44.5 Å². The summed E-state index contributed by atoms with van der Waals surface area (Å²) in [6, 6.07) is 9.61. The minimum atomic E-state index is 0.655. The van der Waals surface area contributed by atoms with E-state index >= 15 is 0 Å². The summed E-state index contributed by atoms with van der Waals surface area (Å²) in [5.41, 5.74) is 6.59. The van der Waals surface area contributed by atoms with Crippen LogP contribution in [0.5, 0.6) is 0 Å². The zero-order valence-corrected chi connectivity index (χ0v) is 15.0. The first-order valence-electron chi connectivity index (χ1n) is 8.99. The molecule has 8 heteroatoms. The fraction of sp³-hybridized carbons (Fsp3) is 0. The number of H-pyrrole nitrogens is 2. The molecule has 0 amide bonds. The molecule has 6 heterocycles. The van der Waals surface area contributed by atoms with Crippen molar-refractivity contribution in [1.29, 1.82) is 0 Å². The van der Waals surface area contributed by atoms with Gasteiger partial charge in [0.25, 0.3) is 0 Å². The van der Waals surface area contributed by atoms with Crippen molar-refractivity contribution in [2.75, 3.05) is 0 Å². The van der Waals surface area contributed by atoms with Crippen molar-refractivity contribution in [2.45, 2.75) is 0 Å². The molecule has 0 aliphatic carbocycles. The van der Waals surface area contributed by atoms with Crippen LogP contribution in [0.1, 0.15) is 0 Å². The summed E-state index contributed by atoms with van der Waals surface area (Å²) in [6.45, 7) is 0. The third kappa shape index (κ3) is 2.50. The number of hydrogen-bond donors (Lipinski definition) is 2. The zero-order chi connectivity index (χ0) is 19.2. The van der Waals surface area contributed by atoms with Crippen LogP contribution in [0, 0.1) is 0 Å². The third-order valence-electron chi connectivity index (χ3n) is 4.83. The molecule has 0 radical (unpaired) electrons. The largest absolute Gasteiger partial charge is 0.472 e. The van der Waals surface area contributed by atoms with E-state index in [1.54, 1.807) is 37.3 Å². The lowest BCUT2D eigenvalue weighted by atomic mass is 10.1. The van der Waals surface area contributed by atoms with E-state index in [9.17, 15) is 0 Å². The van der Waals surface area contributed by atoms with E-state index in [1.165, 1.54) is 0 Å². The van der Waals surface area contributed by atoms with E-state index in [2.05, 4.69) is 30.1 Å². The highest BCUT2D eigenvalue weighted by Crippen LogP contribution is 2.31. The van der Waals surface area contributed by atoms with Gasteiger partial charge < -0.3 is 9.40 Å². The predicted molar refractivity (Wildman–Crippen MR) is 108 cm³/mol. The van der Waals surface area contributed by atoms with Gasteiger partial charge in [0.15, 0.2) is 5.82 Å². The molecule has 2 N–H and O–H groups in total. The summed E-state index contributed by atoms with van der Waals surface area (Å²) in [5, 5.41) is 8.41. The van der Waals surface area contributed by atoms with Crippen LogP contribution in [-0.4, -0.2) is 35.1 Å².